The number of fused-ring (bicyclic) bond motifs is 1. The minimum absolute atomic E-state index is 0.160. The average molecular weight is 539 g/mol. The number of nitrogens with zero attached hydrogens (tertiary/aromatic N) is 3. The zero-order valence-corrected chi connectivity index (χ0v) is 24.0. The van der Waals surface area contributed by atoms with Crippen LogP contribution in [0.4, 0.5) is 4.79 Å². The van der Waals surface area contributed by atoms with Gasteiger partial charge in [0.1, 0.15) is 11.1 Å². The molecule has 0 saturated carbocycles. The lowest BCUT2D eigenvalue weighted by atomic mass is 9.91. The SMILES string of the molecule is CC(C)(C)OC(=O)N1CCCC(c2ccc(-n3cc4cccc(C(=O)NC(C)(C)c5ccccc5)c4n3)cc2)C1. The summed E-state index contributed by atoms with van der Waals surface area (Å²) in [4.78, 5) is 27.8. The van der Waals surface area contributed by atoms with Crippen LogP contribution in [-0.2, 0) is 10.3 Å². The number of rotatable bonds is 5. The number of amides is 2. The van der Waals surface area contributed by atoms with Crippen molar-refractivity contribution in [3.63, 3.8) is 0 Å². The van der Waals surface area contributed by atoms with Gasteiger partial charge in [-0.05, 0) is 76.8 Å². The van der Waals surface area contributed by atoms with E-state index in [2.05, 4.69) is 17.4 Å². The van der Waals surface area contributed by atoms with E-state index in [1.807, 2.05) is 111 Å². The number of piperidine rings is 1. The minimum atomic E-state index is -0.531. The smallest absolute Gasteiger partial charge is 0.410 e. The molecule has 5 rings (SSSR count). The standard InChI is InChI=1S/C33H38N4O3/c1-32(2,3)40-31(39)36-20-10-12-24(21-36)23-16-18-27(19-17-23)37-22-25-11-9-15-28(29(25)35-37)30(38)34-33(4,5)26-13-7-6-8-14-26/h6-9,11,13-19,22,24H,10,12,20-21H2,1-5H3,(H,34,38). The first-order valence-corrected chi connectivity index (χ1v) is 13.9. The molecule has 0 spiro atoms. The number of hydrogen-bond donors (Lipinski definition) is 1. The highest BCUT2D eigenvalue weighted by Crippen LogP contribution is 2.29. The zero-order valence-electron chi connectivity index (χ0n) is 24.0. The fourth-order valence-electron chi connectivity index (χ4n) is 5.28. The molecular formula is C33H38N4O3. The Bertz CT molecular complexity index is 1500. The molecular weight excluding hydrogens is 500 g/mol. The molecule has 3 aromatic carbocycles. The molecule has 1 N–H and O–H groups in total. The summed E-state index contributed by atoms with van der Waals surface area (Å²) in [5, 5.41) is 8.87. The van der Waals surface area contributed by atoms with Gasteiger partial charge in [-0.3, -0.25) is 4.79 Å². The van der Waals surface area contributed by atoms with Crippen LogP contribution in [0, 0.1) is 0 Å². The molecule has 1 aliphatic rings. The van der Waals surface area contributed by atoms with Crippen molar-refractivity contribution in [2.24, 2.45) is 0 Å². The summed E-state index contributed by atoms with van der Waals surface area (Å²) in [5.41, 5.74) is 3.31. The summed E-state index contributed by atoms with van der Waals surface area (Å²) in [6.07, 6.45) is 3.68. The first-order valence-electron chi connectivity index (χ1n) is 13.9. The molecule has 208 valence electrons. The van der Waals surface area contributed by atoms with Crippen molar-refractivity contribution < 1.29 is 14.3 Å². The molecule has 40 heavy (non-hydrogen) atoms. The number of carbonyl (C=O) groups is 2. The van der Waals surface area contributed by atoms with Crippen LogP contribution >= 0.6 is 0 Å². The van der Waals surface area contributed by atoms with E-state index in [-0.39, 0.29) is 17.9 Å². The fraction of sp³-hybridized carbons (Fsp3) is 0.364. The van der Waals surface area contributed by atoms with Gasteiger partial charge in [-0.15, -0.1) is 0 Å². The number of likely N-dealkylation sites (tertiary alicyclic amines) is 1. The van der Waals surface area contributed by atoms with Gasteiger partial charge in [0.05, 0.1) is 16.8 Å². The van der Waals surface area contributed by atoms with Crippen molar-refractivity contribution in [2.75, 3.05) is 13.1 Å². The lowest BCUT2D eigenvalue weighted by Gasteiger charge is -2.34. The van der Waals surface area contributed by atoms with Gasteiger partial charge >= 0.3 is 6.09 Å². The van der Waals surface area contributed by atoms with Crippen LogP contribution in [0.25, 0.3) is 16.6 Å². The van der Waals surface area contributed by atoms with Crippen LogP contribution < -0.4 is 5.32 Å². The Morgan fingerprint density at radius 3 is 2.35 bits per heavy atom. The Balaban J connectivity index is 1.33. The van der Waals surface area contributed by atoms with Crippen LogP contribution in [0.2, 0.25) is 0 Å². The highest BCUT2D eigenvalue weighted by atomic mass is 16.6. The Kier molecular flexibility index (Phi) is 7.41. The van der Waals surface area contributed by atoms with E-state index in [9.17, 15) is 9.59 Å². The van der Waals surface area contributed by atoms with Crippen LogP contribution in [-0.4, -0.2) is 45.4 Å². The number of carbonyl (C=O) groups excluding carboxylic acids is 2. The largest absolute Gasteiger partial charge is 0.444 e. The van der Waals surface area contributed by atoms with Gasteiger partial charge in [-0.1, -0.05) is 54.6 Å². The van der Waals surface area contributed by atoms with Crippen molar-refractivity contribution in [1.29, 1.82) is 0 Å². The first kappa shape index (κ1) is 27.4. The van der Waals surface area contributed by atoms with Gasteiger partial charge in [-0.2, -0.15) is 5.10 Å². The van der Waals surface area contributed by atoms with E-state index >= 15 is 0 Å². The summed E-state index contributed by atoms with van der Waals surface area (Å²) >= 11 is 0. The number of benzene rings is 3. The van der Waals surface area contributed by atoms with Gasteiger partial charge in [0.15, 0.2) is 0 Å². The Hall–Kier alpha value is -4.13. The predicted octanol–water partition coefficient (Wildman–Crippen LogP) is 6.81. The Morgan fingerprint density at radius 1 is 0.925 bits per heavy atom. The summed E-state index contributed by atoms with van der Waals surface area (Å²) in [6.45, 7) is 11.1. The molecule has 1 atom stereocenters. The van der Waals surface area contributed by atoms with Crippen molar-refractivity contribution in [3.8, 4) is 5.69 Å². The summed E-state index contributed by atoms with van der Waals surface area (Å²) in [7, 11) is 0. The molecule has 1 aromatic heterocycles. The molecule has 0 radical (unpaired) electrons. The van der Waals surface area contributed by atoms with Crippen molar-refractivity contribution in [2.45, 2.75) is 64.5 Å². The molecule has 7 heteroatoms. The third-order valence-corrected chi connectivity index (χ3v) is 7.40. The predicted molar refractivity (Wildman–Crippen MR) is 158 cm³/mol. The monoisotopic (exact) mass is 538 g/mol. The van der Waals surface area contributed by atoms with Gasteiger partial charge in [-0.25, -0.2) is 9.48 Å². The number of nitrogens with one attached hydrogen (secondary N) is 1. The van der Waals surface area contributed by atoms with Gasteiger partial charge in [0.25, 0.3) is 5.91 Å². The molecule has 2 amide bonds. The highest BCUT2D eigenvalue weighted by Gasteiger charge is 2.29. The fourth-order valence-corrected chi connectivity index (χ4v) is 5.28. The van der Waals surface area contributed by atoms with Crippen molar-refractivity contribution in [3.05, 3.63) is 95.7 Å². The van der Waals surface area contributed by atoms with Crippen molar-refractivity contribution in [1.82, 2.24) is 20.0 Å². The quantitative estimate of drug-likeness (QED) is 0.303. The first-order chi connectivity index (χ1) is 19.0. The number of ether oxygens (including phenoxy) is 1. The second-order valence-electron chi connectivity index (χ2n) is 12.1. The maximum absolute atomic E-state index is 13.4. The molecule has 2 heterocycles. The third kappa shape index (κ3) is 6.03. The number of hydrogen-bond acceptors (Lipinski definition) is 4. The second kappa shape index (κ2) is 10.8. The molecule has 0 bridgehead atoms. The normalized spacial score (nSPS) is 16.1. The molecule has 1 saturated heterocycles. The Morgan fingerprint density at radius 2 is 1.65 bits per heavy atom. The van der Waals surface area contributed by atoms with Crippen LogP contribution in [0.5, 0.6) is 0 Å². The van der Waals surface area contributed by atoms with E-state index in [0.29, 0.717) is 17.6 Å². The van der Waals surface area contributed by atoms with Gasteiger partial charge < -0.3 is 15.0 Å². The topological polar surface area (TPSA) is 76.5 Å². The van der Waals surface area contributed by atoms with E-state index < -0.39 is 11.1 Å². The maximum Gasteiger partial charge on any atom is 0.410 e. The molecule has 1 aliphatic heterocycles. The maximum atomic E-state index is 13.4. The van der Waals surface area contributed by atoms with Crippen LogP contribution in [0.1, 0.15) is 74.9 Å². The third-order valence-electron chi connectivity index (χ3n) is 7.40. The molecule has 1 fully saturated rings. The lowest BCUT2D eigenvalue weighted by molar-refractivity contribution is 0.0198. The van der Waals surface area contributed by atoms with Crippen LogP contribution in [0.15, 0.2) is 79.0 Å². The van der Waals surface area contributed by atoms with E-state index in [1.54, 1.807) is 0 Å². The second-order valence-corrected chi connectivity index (χ2v) is 12.1. The lowest BCUT2D eigenvalue weighted by Crippen LogP contribution is -2.42. The molecule has 1 unspecified atom stereocenters. The van der Waals surface area contributed by atoms with Crippen LogP contribution in [0.3, 0.4) is 0 Å². The average Bonchev–Trinajstić information content (AvgIpc) is 3.37. The molecule has 4 aromatic rings. The zero-order chi connectivity index (χ0) is 28.5. The van der Waals surface area contributed by atoms with Gasteiger partial charge in [0.2, 0.25) is 0 Å². The van der Waals surface area contributed by atoms with E-state index in [4.69, 9.17) is 9.84 Å². The van der Waals surface area contributed by atoms with Crippen molar-refractivity contribution >= 4 is 22.9 Å². The summed E-state index contributed by atoms with van der Waals surface area (Å²) < 4.78 is 7.41. The summed E-state index contributed by atoms with van der Waals surface area (Å²) in [5.74, 6) is 0.0992. The summed E-state index contributed by atoms with van der Waals surface area (Å²) in [6, 6.07) is 23.9. The molecule has 0 aliphatic carbocycles. The van der Waals surface area contributed by atoms with Gasteiger partial charge in [0, 0.05) is 30.6 Å². The Labute approximate surface area is 236 Å². The molecule has 7 nitrogen and oxygen atoms in total. The highest BCUT2D eigenvalue weighted by molar-refractivity contribution is 6.05. The number of aromatic nitrogens is 2. The van der Waals surface area contributed by atoms with E-state index in [0.717, 1.165) is 36.0 Å². The minimum Gasteiger partial charge on any atom is -0.444 e. The van der Waals surface area contributed by atoms with E-state index in [1.165, 1.54) is 5.56 Å².